The van der Waals surface area contributed by atoms with Crippen molar-refractivity contribution in [1.82, 2.24) is 10.2 Å². The molecule has 0 saturated carbocycles. The van der Waals surface area contributed by atoms with E-state index in [4.69, 9.17) is 0 Å². The van der Waals surface area contributed by atoms with Crippen LogP contribution in [-0.2, 0) is 32.6 Å². The summed E-state index contributed by atoms with van der Waals surface area (Å²) >= 11 is 0. The van der Waals surface area contributed by atoms with Gasteiger partial charge >= 0.3 is 0 Å². The first-order valence-electron chi connectivity index (χ1n) is 13.7. The van der Waals surface area contributed by atoms with E-state index in [1.165, 1.54) is 35.2 Å². The Balaban J connectivity index is 1.80. The molecule has 0 aliphatic rings. The Kier molecular flexibility index (Phi) is 10.2. The molecular formula is C32H32N4O6S. The fourth-order valence-electron chi connectivity index (χ4n) is 4.64. The highest BCUT2D eigenvalue weighted by Crippen LogP contribution is 2.28. The molecule has 0 bridgehead atoms. The molecule has 0 saturated heterocycles. The van der Waals surface area contributed by atoms with Gasteiger partial charge in [-0.1, -0.05) is 84.9 Å². The minimum Gasteiger partial charge on any atom is -0.355 e. The van der Waals surface area contributed by atoms with Crippen molar-refractivity contribution in [1.29, 1.82) is 0 Å². The second-order valence-corrected chi connectivity index (χ2v) is 11.6. The molecule has 0 aliphatic heterocycles. The van der Waals surface area contributed by atoms with Crippen LogP contribution >= 0.6 is 0 Å². The fourth-order valence-corrected chi connectivity index (χ4v) is 6.06. The second-order valence-electron chi connectivity index (χ2n) is 9.71. The number of benzene rings is 4. The Hall–Kier alpha value is -5.03. The third kappa shape index (κ3) is 7.83. The molecule has 0 aliphatic carbocycles. The number of nitrogens with zero attached hydrogens (tertiary/aromatic N) is 3. The number of anilines is 1. The van der Waals surface area contributed by atoms with Gasteiger partial charge in [0.05, 0.1) is 15.5 Å². The molecule has 0 fully saturated rings. The second kappa shape index (κ2) is 14.2. The molecule has 4 aromatic carbocycles. The number of nitro groups is 1. The summed E-state index contributed by atoms with van der Waals surface area (Å²) in [5, 5.41) is 14.4. The van der Waals surface area contributed by atoms with Crippen molar-refractivity contribution < 1.29 is 22.9 Å². The van der Waals surface area contributed by atoms with E-state index in [1.807, 2.05) is 60.7 Å². The van der Waals surface area contributed by atoms with Gasteiger partial charge in [0, 0.05) is 31.6 Å². The Labute approximate surface area is 250 Å². The average molecular weight is 601 g/mol. The van der Waals surface area contributed by atoms with E-state index < -0.39 is 33.4 Å². The molecule has 0 radical (unpaired) electrons. The molecule has 4 rings (SSSR count). The van der Waals surface area contributed by atoms with Crippen molar-refractivity contribution >= 4 is 33.2 Å². The van der Waals surface area contributed by atoms with Gasteiger partial charge < -0.3 is 10.2 Å². The summed E-state index contributed by atoms with van der Waals surface area (Å²) in [5.41, 5.74) is 1.18. The Bertz CT molecular complexity index is 1650. The van der Waals surface area contributed by atoms with E-state index >= 15 is 0 Å². The van der Waals surface area contributed by atoms with E-state index in [2.05, 4.69) is 5.32 Å². The highest BCUT2D eigenvalue weighted by atomic mass is 32.2. The third-order valence-corrected chi connectivity index (χ3v) is 8.54. The van der Waals surface area contributed by atoms with E-state index in [0.29, 0.717) is 6.54 Å². The predicted octanol–water partition coefficient (Wildman–Crippen LogP) is 4.57. The predicted molar refractivity (Wildman–Crippen MR) is 164 cm³/mol. The zero-order valence-electron chi connectivity index (χ0n) is 23.6. The molecule has 4 aromatic rings. The lowest BCUT2D eigenvalue weighted by Crippen LogP contribution is -2.53. The number of sulfonamides is 1. The van der Waals surface area contributed by atoms with Gasteiger partial charge in [-0.15, -0.1) is 0 Å². The maximum absolute atomic E-state index is 14.3. The van der Waals surface area contributed by atoms with Crippen molar-refractivity contribution in [3.63, 3.8) is 0 Å². The molecule has 43 heavy (non-hydrogen) atoms. The Morgan fingerprint density at radius 3 is 2.00 bits per heavy atom. The molecule has 1 N–H and O–H groups in total. The van der Waals surface area contributed by atoms with Crippen molar-refractivity contribution in [3.05, 3.63) is 137 Å². The number of nitro benzene ring substituents is 1. The molecule has 0 heterocycles. The lowest BCUT2D eigenvalue weighted by atomic mass is 10.0. The number of carbonyl (C=O) groups excluding carboxylic acids is 2. The van der Waals surface area contributed by atoms with Gasteiger partial charge in [0.2, 0.25) is 11.8 Å². The first kappa shape index (κ1) is 30.9. The van der Waals surface area contributed by atoms with Crippen LogP contribution in [0.5, 0.6) is 0 Å². The SMILES string of the molecule is CCNC(=O)[C@@H](Cc1ccccc1)N(Cc1ccccc1)C(=O)CN(c1cccc([N+](=O)[O-])c1)S(=O)(=O)c1ccccc1. The van der Waals surface area contributed by atoms with Gasteiger partial charge in [-0.3, -0.25) is 24.0 Å². The lowest BCUT2D eigenvalue weighted by molar-refractivity contribution is -0.384. The smallest absolute Gasteiger partial charge is 0.271 e. The van der Waals surface area contributed by atoms with Crippen LogP contribution in [0.2, 0.25) is 0 Å². The van der Waals surface area contributed by atoms with Crippen molar-refractivity contribution in [3.8, 4) is 0 Å². The highest BCUT2D eigenvalue weighted by Gasteiger charge is 2.34. The van der Waals surface area contributed by atoms with Gasteiger partial charge in [0.25, 0.3) is 15.7 Å². The highest BCUT2D eigenvalue weighted by molar-refractivity contribution is 7.92. The quantitative estimate of drug-likeness (QED) is 0.177. The standard InChI is InChI=1S/C32H32N4O6S/c1-2-33-32(38)30(21-25-13-6-3-7-14-25)34(23-26-15-8-4-9-16-26)31(37)24-35(27-17-12-18-28(22-27)36(39)40)43(41,42)29-19-10-5-11-20-29/h3-20,22,30H,2,21,23-24H2,1H3,(H,33,38)/t30-/m1/s1. The first-order chi connectivity index (χ1) is 20.7. The van der Waals surface area contributed by atoms with Crippen molar-refractivity contribution in [2.45, 2.75) is 30.8 Å². The monoisotopic (exact) mass is 600 g/mol. The van der Waals surface area contributed by atoms with E-state index in [0.717, 1.165) is 21.5 Å². The van der Waals surface area contributed by atoms with E-state index in [-0.39, 0.29) is 35.1 Å². The summed E-state index contributed by atoms with van der Waals surface area (Å²) in [4.78, 5) is 39.9. The Morgan fingerprint density at radius 1 is 0.837 bits per heavy atom. The summed E-state index contributed by atoms with van der Waals surface area (Å²) in [5.74, 6) is -1.04. The molecule has 0 spiro atoms. The molecule has 11 heteroatoms. The van der Waals surface area contributed by atoms with Gasteiger partial charge in [0.15, 0.2) is 0 Å². The topological polar surface area (TPSA) is 130 Å². The normalized spacial score (nSPS) is 11.7. The molecule has 1 atom stereocenters. The number of hydrogen-bond acceptors (Lipinski definition) is 6. The van der Waals surface area contributed by atoms with Gasteiger partial charge in [-0.25, -0.2) is 8.42 Å². The van der Waals surface area contributed by atoms with Crippen LogP contribution in [0.15, 0.2) is 120 Å². The number of amides is 2. The number of likely N-dealkylation sites (N-methyl/N-ethyl adjacent to an activating group) is 1. The largest absolute Gasteiger partial charge is 0.355 e. The van der Waals surface area contributed by atoms with Crippen LogP contribution in [-0.4, -0.2) is 49.2 Å². The van der Waals surface area contributed by atoms with Crippen LogP contribution in [0.3, 0.4) is 0 Å². The molecule has 0 unspecified atom stereocenters. The van der Waals surface area contributed by atoms with Crippen LogP contribution < -0.4 is 9.62 Å². The minimum atomic E-state index is -4.35. The van der Waals surface area contributed by atoms with Crippen molar-refractivity contribution in [2.24, 2.45) is 0 Å². The molecule has 10 nitrogen and oxygen atoms in total. The average Bonchev–Trinajstić information content (AvgIpc) is 3.03. The zero-order valence-corrected chi connectivity index (χ0v) is 24.4. The number of nitrogens with one attached hydrogen (secondary N) is 1. The summed E-state index contributed by atoms with van der Waals surface area (Å²) in [6.07, 6.45) is 0.188. The van der Waals surface area contributed by atoms with Gasteiger partial charge in [0.1, 0.15) is 12.6 Å². The molecular weight excluding hydrogens is 568 g/mol. The lowest BCUT2D eigenvalue weighted by Gasteiger charge is -2.33. The summed E-state index contributed by atoms with van der Waals surface area (Å²) in [6.45, 7) is 1.44. The van der Waals surface area contributed by atoms with Crippen LogP contribution in [0.1, 0.15) is 18.1 Å². The molecule has 2 amide bonds. The summed E-state index contributed by atoms with van der Waals surface area (Å²) in [6, 6.07) is 30.0. The number of carbonyl (C=O) groups is 2. The van der Waals surface area contributed by atoms with Gasteiger partial charge in [-0.2, -0.15) is 0 Å². The van der Waals surface area contributed by atoms with E-state index in [9.17, 15) is 28.1 Å². The van der Waals surface area contributed by atoms with Gasteiger partial charge in [-0.05, 0) is 36.2 Å². The number of rotatable bonds is 13. The maximum atomic E-state index is 14.3. The summed E-state index contributed by atoms with van der Waals surface area (Å²) in [7, 11) is -4.35. The fraction of sp³-hybridized carbons (Fsp3) is 0.188. The van der Waals surface area contributed by atoms with Crippen LogP contribution in [0.4, 0.5) is 11.4 Å². The maximum Gasteiger partial charge on any atom is 0.271 e. The number of non-ortho nitro benzene ring substituents is 1. The Morgan fingerprint density at radius 2 is 1.42 bits per heavy atom. The summed E-state index contributed by atoms with van der Waals surface area (Å²) < 4.78 is 28.7. The molecule has 0 aromatic heterocycles. The first-order valence-corrected chi connectivity index (χ1v) is 15.1. The van der Waals surface area contributed by atoms with Crippen molar-refractivity contribution in [2.75, 3.05) is 17.4 Å². The third-order valence-electron chi connectivity index (χ3n) is 6.76. The molecule has 222 valence electrons. The van der Waals surface area contributed by atoms with E-state index in [1.54, 1.807) is 25.1 Å². The van der Waals surface area contributed by atoms with Crippen LogP contribution in [0, 0.1) is 10.1 Å². The zero-order chi connectivity index (χ0) is 30.8. The van der Waals surface area contributed by atoms with Crippen LogP contribution in [0.25, 0.3) is 0 Å². The number of hydrogen-bond donors (Lipinski definition) is 1. The minimum absolute atomic E-state index is 0.0302.